The summed E-state index contributed by atoms with van der Waals surface area (Å²) < 4.78 is 7.84. The highest BCUT2D eigenvalue weighted by atomic mass is 32.1. The van der Waals surface area contributed by atoms with E-state index in [4.69, 9.17) is 4.74 Å². The molecule has 344 valence electrons. The molecule has 1 aliphatic rings. The SMILES string of the molecule is C=C(C)C(=O)OCc1ccc(CN(c2ccccc2)c2sc(C(=C3C=CC(=[N+](CC)c4c(C)cccc4C)C=C3)c3ccc(N(CC)c4c(C)cccc4C)cc3)c(-c3ccccc3)c2C#N)cc1. The number of carbonyl (C=O) groups excluding carboxylic acids is 1. The fraction of sp³-hybridized carbons (Fsp3) is 0.177. The molecule has 1 aliphatic carbocycles. The number of allylic oxidation sites excluding steroid dienone is 5. The monoisotopic (exact) mass is 923 g/mol. The minimum Gasteiger partial charge on any atom is -0.457 e. The van der Waals surface area contributed by atoms with Gasteiger partial charge in [0.15, 0.2) is 0 Å². The Morgan fingerprint density at radius 2 is 1.25 bits per heavy atom. The van der Waals surface area contributed by atoms with Crippen LogP contribution in [0, 0.1) is 39.0 Å². The molecule has 0 radical (unpaired) electrons. The van der Waals surface area contributed by atoms with E-state index < -0.39 is 5.97 Å². The lowest BCUT2D eigenvalue weighted by Gasteiger charge is -2.27. The first-order valence-electron chi connectivity index (χ1n) is 23.6. The van der Waals surface area contributed by atoms with E-state index in [1.807, 2.05) is 48.5 Å². The number of rotatable bonds is 15. The summed E-state index contributed by atoms with van der Waals surface area (Å²) >= 11 is 1.65. The van der Waals surface area contributed by atoms with Crippen LogP contribution in [0.4, 0.5) is 27.8 Å². The van der Waals surface area contributed by atoms with Crippen molar-refractivity contribution >= 4 is 56.3 Å². The number of esters is 1. The number of carbonyl (C=O) groups is 1. The number of hydrogen-bond donors (Lipinski definition) is 0. The third-order valence-corrected chi connectivity index (χ3v) is 13.9. The molecule has 7 heteroatoms. The summed E-state index contributed by atoms with van der Waals surface area (Å²) in [5.41, 5.74) is 18.5. The van der Waals surface area contributed by atoms with E-state index in [9.17, 15) is 10.1 Å². The van der Waals surface area contributed by atoms with E-state index in [0.717, 1.165) is 79.0 Å². The van der Waals surface area contributed by atoms with Gasteiger partial charge in [0.05, 0.1) is 5.56 Å². The van der Waals surface area contributed by atoms with Gasteiger partial charge in [0.25, 0.3) is 0 Å². The number of anilines is 4. The smallest absolute Gasteiger partial charge is 0.333 e. The fourth-order valence-corrected chi connectivity index (χ4v) is 10.7. The molecule has 0 atom stereocenters. The molecule has 0 bridgehead atoms. The normalized spacial score (nSPS) is 11.9. The molecule has 0 amide bonds. The second-order valence-electron chi connectivity index (χ2n) is 17.5. The molecule has 0 N–H and O–H groups in total. The largest absolute Gasteiger partial charge is 0.457 e. The molecule has 6 aromatic carbocycles. The van der Waals surface area contributed by atoms with Crippen LogP contribution in [0.1, 0.15) is 70.2 Å². The highest BCUT2D eigenvalue weighted by molar-refractivity contribution is 7.18. The first-order valence-corrected chi connectivity index (χ1v) is 24.4. The van der Waals surface area contributed by atoms with E-state index in [2.05, 4.69) is 190 Å². The van der Waals surface area contributed by atoms with Gasteiger partial charge in [0.1, 0.15) is 24.2 Å². The van der Waals surface area contributed by atoms with Crippen molar-refractivity contribution in [3.8, 4) is 17.2 Å². The first-order chi connectivity index (χ1) is 33.5. The average Bonchev–Trinajstić information content (AvgIpc) is 3.75. The van der Waals surface area contributed by atoms with E-state index >= 15 is 0 Å². The summed E-state index contributed by atoms with van der Waals surface area (Å²) in [7, 11) is 0. The Morgan fingerprint density at radius 3 is 1.81 bits per heavy atom. The van der Waals surface area contributed by atoms with Crippen LogP contribution in [0.5, 0.6) is 0 Å². The van der Waals surface area contributed by atoms with Crippen molar-refractivity contribution in [2.75, 3.05) is 22.9 Å². The van der Waals surface area contributed by atoms with Crippen molar-refractivity contribution in [3.63, 3.8) is 0 Å². The van der Waals surface area contributed by atoms with Crippen LogP contribution in [-0.4, -0.2) is 29.3 Å². The summed E-state index contributed by atoms with van der Waals surface area (Å²) in [6.07, 6.45) is 8.96. The summed E-state index contributed by atoms with van der Waals surface area (Å²) in [6, 6.07) is 53.4. The maximum atomic E-state index is 12.2. The lowest BCUT2D eigenvalue weighted by Crippen LogP contribution is -2.18. The molecule has 0 spiro atoms. The Balaban J connectivity index is 1.33. The number of thiophene rings is 1. The second-order valence-corrected chi connectivity index (χ2v) is 18.5. The van der Waals surface area contributed by atoms with Crippen molar-refractivity contribution in [3.05, 3.63) is 237 Å². The number of para-hydroxylation sites is 3. The molecule has 0 saturated heterocycles. The Morgan fingerprint density at radius 1 is 0.681 bits per heavy atom. The Bertz CT molecular complexity index is 3130. The predicted octanol–water partition coefficient (Wildman–Crippen LogP) is 15.4. The standard InChI is InChI=1S/C62H59N4O2S/c1-9-64(58-43(5)19-17-20-44(58)6)53-35-31-50(32-36-53)56(51-33-37-54(38-34-51)65(10-2)59-45(7)21-18-22-46(59)8)60-57(49-23-13-11-14-24-49)55(39-63)61(69-60)66(52-25-15-12-16-26-52)40-47-27-29-48(30-28-47)41-68-62(67)42(3)4/h11-38H,3,9-10,40-41H2,1-2,4-8H3/q+1. The zero-order valence-corrected chi connectivity index (χ0v) is 41.5. The van der Waals surface area contributed by atoms with Crippen LogP contribution in [0.25, 0.3) is 16.7 Å². The topological polar surface area (TPSA) is 59.6 Å². The number of benzene rings is 6. The van der Waals surface area contributed by atoms with Crippen LogP contribution in [0.3, 0.4) is 0 Å². The van der Waals surface area contributed by atoms with Gasteiger partial charge >= 0.3 is 5.97 Å². The second kappa shape index (κ2) is 21.4. The van der Waals surface area contributed by atoms with Gasteiger partial charge in [-0.2, -0.15) is 9.84 Å². The summed E-state index contributed by atoms with van der Waals surface area (Å²) in [5, 5.41) is 12.3. The third kappa shape index (κ3) is 10.2. The number of hydrogen-bond acceptors (Lipinski definition) is 6. The fourth-order valence-electron chi connectivity index (χ4n) is 9.30. The minimum absolute atomic E-state index is 0.159. The van der Waals surface area contributed by atoms with Gasteiger partial charge in [-0.15, -0.1) is 11.3 Å². The molecule has 0 fully saturated rings. The van der Waals surface area contributed by atoms with Gasteiger partial charge in [-0.05, 0) is 124 Å². The van der Waals surface area contributed by atoms with E-state index in [1.54, 1.807) is 18.3 Å². The summed E-state index contributed by atoms with van der Waals surface area (Å²) in [5.74, 6) is -0.412. The third-order valence-electron chi connectivity index (χ3n) is 12.7. The van der Waals surface area contributed by atoms with Crippen molar-refractivity contribution < 1.29 is 14.1 Å². The number of aryl methyl sites for hydroxylation is 4. The van der Waals surface area contributed by atoms with Crippen molar-refractivity contribution in [2.45, 2.75) is 61.6 Å². The van der Waals surface area contributed by atoms with Crippen molar-refractivity contribution in [1.29, 1.82) is 5.26 Å². The molecular formula is C62H59N4O2S+. The van der Waals surface area contributed by atoms with Gasteiger partial charge < -0.3 is 14.5 Å². The highest BCUT2D eigenvalue weighted by Crippen LogP contribution is 2.50. The lowest BCUT2D eigenvalue weighted by molar-refractivity contribution is -0.435. The predicted molar refractivity (Wildman–Crippen MR) is 289 cm³/mol. The van der Waals surface area contributed by atoms with Crippen molar-refractivity contribution in [2.24, 2.45) is 0 Å². The number of ether oxygens (including phenoxy) is 1. The molecule has 1 heterocycles. The lowest BCUT2D eigenvalue weighted by atomic mass is 9.90. The molecule has 8 rings (SSSR count). The number of nitrogens with zero attached hydrogens (tertiary/aromatic N) is 4. The van der Waals surface area contributed by atoms with Gasteiger partial charge in [-0.1, -0.05) is 128 Å². The average molecular weight is 924 g/mol. The quantitative estimate of drug-likeness (QED) is 0.0582. The van der Waals surface area contributed by atoms with Gasteiger partial charge in [0, 0.05) is 75.0 Å². The molecule has 6 nitrogen and oxygen atoms in total. The van der Waals surface area contributed by atoms with Crippen LogP contribution in [0.15, 0.2) is 188 Å². The van der Waals surface area contributed by atoms with E-state index in [-0.39, 0.29) is 6.61 Å². The zero-order chi connectivity index (χ0) is 48.6. The Labute approximate surface area is 412 Å². The summed E-state index contributed by atoms with van der Waals surface area (Å²) in [4.78, 5) is 17.8. The minimum atomic E-state index is -0.412. The molecule has 0 aliphatic heterocycles. The van der Waals surface area contributed by atoms with Crippen LogP contribution in [0.2, 0.25) is 0 Å². The van der Waals surface area contributed by atoms with Crippen LogP contribution >= 0.6 is 11.3 Å². The maximum Gasteiger partial charge on any atom is 0.333 e. The highest BCUT2D eigenvalue weighted by Gasteiger charge is 2.29. The maximum absolute atomic E-state index is 12.2. The van der Waals surface area contributed by atoms with Crippen LogP contribution < -0.4 is 9.80 Å². The number of nitriles is 1. The van der Waals surface area contributed by atoms with Crippen molar-refractivity contribution in [1.82, 2.24) is 0 Å². The molecule has 0 unspecified atom stereocenters. The van der Waals surface area contributed by atoms with E-state index in [1.165, 1.54) is 33.6 Å². The molecule has 7 aromatic rings. The summed E-state index contributed by atoms with van der Waals surface area (Å²) in [6.45, 7) is 20.8. The Hall–Kier alpha value is -7.79. The van der Waals surface area contributed by atoms with Gasteiger partial charge in [0.2, 0.25) is 11.4 Å². The van der Waals surface area contributed by atoms with Gasteiger partial charge in [-0.25, -0.2) is 4.79 Å². The first kappa shape index (κ1) is 47.7. The van der Waals surface area contributed by atoms with Crippen LogP contribution in [-0.2, 0) is 22.7 Å². The van der Waals surface area contributed by atoms with E-state index in [0.29, 0.717) is 17.7 Å². The molecule has 1 aromatic heterocycles. The zero-order valence-electron chi connectivity index (χ0n) is 40.7. The molecule has 0 saturated carbocycles. The molecular weight excluding hydrogens is 865 g/mol. The Kier molecular flexibility index (Phi) is 14.8. The van der Waals surface area contributed by atoms with Gasteiger partial charge in [-0.3, -0.25) is 0 Å². The molecule has 69 heavy (non-hydrogen) atoms.